The molecule has 0 aliphatic carbocycles. The molecule has 0 saturated carbocycles. The van der Waals surface area contributed by atoms with Crippen LogP contribution in [0.25, 0.3) is 10.8 Å². The number of carboxylic acids is 1. The van der Waals surface area contributed by atoms with Crippen molar-refractivity contribution in [2.24, 2.45) is 5.16 Å². The predicted molar refractivity (Wildman–Crippen MR) is 132 cm³/mol. The number of nitrogens with one attached hydrogen (secondary N) is 3. The lowest BCUT2D eigenvalue weighted by Gasteiger charge is -2.16. The van der Waals surface area contributed by atoms with E-state index in [1.54, 1.807) is 42.6 Å². The second-order valence-corrected chi connectivity index (χ2v) is 10.0. The van der Waals surface area contributed by atoms with Crippen LogP contribution >= 0.6 is 0 Å². The minimum Gasteiger partial charge on any atom is -0.480 e. The number of nitrogens with zero attached hydrogens (tertiary/aromatic N) is 2. The third-order valence-corrected chi connectivity index (χ3v) is 7.24. The predicted octanol–water partition coefficient (Wildman–Crippen LogP) is 1.16. The number of aromatic amines is 1. The summed E-state index contributed by atoms with van der Waals surface area (Å²) >= 11 is 0. The Bertz CT molecular complexity index is 1400. The molecule has 13 heteroatoms. The number of oxime groups is 1. The minimum atomic E-state index is -4.19. The van der Waals surface area contributed by atoms with E-state index in [4.69, 9.17) is 10.6 Å². The monoisotopic (exact) mass is 514 g/mol. The number of fused-ring (bicyclic) bond motifs is 1. The molecular weight excluding hydrogens is 488 g/mol. The number of anilines is 1. The number of benzene rings is 2. The molecule has 0 saturated heterocycles. The molecule has 0 fully saturated rings. The maximum atomic E-state index is 13.0. The Kier molecular flexibility index (Phi) is 7.50. The van der Waals surface area contributed by atoms with Gasteiger partial charge < -0.3 is 26.0 Å². The summed E-state index contributed by atoms with van der Waals surface area (Å²) in [5.41, 5.74) is 6.49. The van der Waals surface area contributed by atoms with Gasteiger partial charge in [-0.2, -0.15) is 4.72 Å². The van der Waals surface area contributed by atoms with Gasteiger partial charge in [-0.25, -0.2) is 13.4 Å². The number of carboxylic acid groups (broad SMARTS) is 1. The van der Waals surface area contributed by atoms with Gasteiger partial charge in [0.2, 0.25) is 10.0 Å². The standard InChI is InChI=1S/C23H26N6O6S/c24-23-26-12-15(27-23)7-4-8-16-11-18(28-35-16)21(30)25-13-19(22(31)32)29-36(33,34)20-10-3-6-14-5-1-2-9-17(14)20/h1-3,5-6,9-10,12,16,19,29H,4,7-8,11,13H2,(H,25,30)(H,31,32)(H3,24,26,27). The van der Waals surface area contributed by atoms with Gasteiger partial charge >= 0.3 is 5.97 Å². The van der Waals surface area contributed by atoms with Gasteiger partial charge in [-0.1, -0.05) is 41.6 Å². The minimum absolute atomic E-state index is 0.0490. The molecule has 2 atom stereocenters. The molecule has 1 aliphatic heterocycles. The second kappa shape index (κ2) is 10.7. The van der Waals surface area contributed by atoms with Gasteiger partial charge in [-0.15, -0.1) is 0 Å². The Balaban J connectivity index is 1.30. The highest BCUT2D eigenvalue weighted by molar-refractivity contribution is 7.89. The number of H-pyrrole nitrogens is 1. The zero-order valence-corrected chi connectivity index (χ0v) is 20.0. The molecule has 0 spiro atoms. The van der Waals surface area contributed by atoms with E-state index in [0.29, 0.717) is 29.6 Å². The van der Waals surface area contributed by atoms with Crippen LogP contribution in [0.1, 0.15) is 25.0 Å². The van der Waals surface area contributed by atoms with E-state index in [1.165, 1.54) is 6.07 Å². The van der Waals surface area contributed by atoms with Crippen molar-refractivity contribution in [1.29, 1.82) is 0 Å². The number of sulfonamides is 1. The number of nitrogens with two attached hydrogens (primary N) is 1. The Morgan fingerprint density at radius 1 is 1.22 bits per heavy atom. The summed E-state index contributed by atoms with van der Waals surface area (Å²) in [5, 5.41) is 17.0. The molecule has 1 aromatic heterocycles. The van der Waals surface area contributed by atoms with Crippen LogP contribution < -0.4 is 15.8 Å². The maximum absolute atomic E-state index is 13.0. The average Bonchev–Trinajstić information content (AvgIpc) is 3.50. The molecule has 2 aromatic carbocycles. The molecule has 6 N–H and O–H groups in total. The van der Waals surface area contributed by atoms with Crippen LogP contribution in [-0.2, 0) is 30.9 Å². The molecule has 2 unspecified atom stereocenters. The number of aryl methyl sites for hydroxylation is 1. The van der Waals surface area contributed by atoms with Gasteiger partial charge in [0.25, 0.3) is 5.91 Å². The van der Waals surface area contributed by atoms with E-state index in [0.717, 1.165) is 12.1 Å². The van der Waals surface area contributed by atoms with Crippen LogP contribution in [0.3, 0.4) is 0 Å². The first-order chi connectivity index (χ1) is 17.2. The van der Waals surface area contributed by atoms with Crippen LogP contribution in [0.4, 0.5) is 5.95 Å². The molecule has 4 rings (SSSR count). The summed E-state index contributed by atoms with van der Waals surface area (Å²) in [5.74, 6) is -1.70. The van der Waals surface area contributed by atoms with Gasteiger partial charge in [0.15, 0.2) is 5.95 Å². The summed E-state index contributed by atoms with van der Waals surface area (Å²) in [6, 6.07) is 10.0. The van der Waals surface area contributed by atoms with Crippen LogP contribution in [0.15, 0.2) is 58.7 Å². The SMILES string of the molecule is Nc1nc(CCCC2CC(C(=O)NCC(NS(=O)(=O)c3cccc4ccccc34)C(=O)O)=NO2)c[nH]1. The van der Waals surface area contributed by atoms with E-state index in [2.05, 4.69) is 25.2 Å². The van der Waals surface area contributed by atoms with Gasteiger partial charge in [-0.3, -0.25) is 9.59 Å². The molecule has 12 nitrogen and oxygen atoms in total. The second-order valence-electron chi connectivity index (χ2n) is 8.34. The fraction of sp³-hybridized carbons (Fsp3) is 0.304. The van der Waals surface area contributed by atoms with Gasteiger partial charge in [0, 0.05) is 24.5 Å². The van der Waals surface area contributed by atoms with Crippen molar-refractivity contribution < 1.29 is 28.0 Å². The average molecular weight is 515 g/mol. The van der Waals surface area contributed by atoms with Crippen molar-refractivity contribution in [3.63, 3.8) is 0 Å². The van der Waals surface area contributed by atoms with Crippen LogP contribution in [0.2, 0.25) is 0 Å². The number of carbonyl (C=O) groups excluding carboxylic acids is 1. The summed E-state index contributed by atoms with van der Waals surface area (Å²) in [7, 11) is -4.19. The van der Waals surface area contributed by atoms with E-state index < -0.39 is 34.5 Å². The van der Waals surface area contributed by atoms with Gasteiger partial charge in [-0.05, 0) is 30.7 Å². The van der Waals surface area contributed by atoms with E-state index >= 15 is 0 Å². The lowest BCUT2D eigenvalue weighted by molar-refractivity contribution is -0.138. The van der Waals surface area contributed by atoms with Crippen molar-refractivity contribution in [2.45, 2.75) is 42.7 Å². The lowest BCUT2D eigenvalue weighted by Crippen LogP contribution is -2.49. The normalized spacial score (nSPS) is 16.3. The quantitative estimate of drug-likeness (QED) is 0.252. The highest BCUT2D eigenvalue weighted by atomic mass is 32.2. The highest BCUT2D eigenvalue weighted by Gasteiger charge is 2.30. The lowest BCUT2D eigenvalue weighted by atomic mass is 10.1. The van der Waals surface area contributed by atoms with Crippen molar-refractivity contribution in [2.75, 3.05) is 12.3 Å². The number of amides is 1. The highest BCUT2D eigenvalue weighted by Crippen LogP contribution is 2.23. The fourth-order valence-corrected chi connectivity index (χ4v) is 5.31. The van der Waals surface area contributed by atoms with Crippen molar-refractivity contribution in [1.82, 2.24) is 20.0 Å². The summed E-state index contributed by atoms with van der Waals surface area (Å²) in [6.45, 7) is -0.470. The van der Waals surface area contributed by atoms with Gasteiger partial charge in [0.1, 0.15) is 17.9 Å². The third kappa shape index (κ3) is 5.98. The molecular formula is C23H26N6O6S. The number of hydrogen-bond donors (Lipinski definition) is 5. The number of hydrogen-bond acceptors (Lipinski definition) is 8. The van der Waals surface area contributed by atoms with Gasteiger partial charge in [0.05, 0.1) is 10.6 Å². The molecule has 1 amide bonds. The van der Waals surface area contributed by atoms with Crippen LogP contribution in [0.5, 0.6) is 0 Å². The number of aromatic nitrogens is 2. The summed E-state index contributed by atoms with van der Waals surface area (Å²) < 4.78 is 28.1. The topological polar surface area (TPSA) is 189 Å². The van der Waals surface area contributed by atoms with E-state index in [9.17, 15) is 23.1 Å². The molecule has 0 radical (unpaired) electrons. The van der Waals surface area contributed by atoms with Crippen molar-refractivity contribution >= 4 is 44.3 Å². The van der Waals surface area contributed by atoms with E-state index in [1.807, 2.05) is 0 Å². The Labute approximate surface area is 207 Å². The molecule has 2 heterocycles. The molecule has 190 valence electrons. The zero-order valence-electron chi connectivity index (χ0n) is 19.2. The number of imidazole rings is 1. The Morgan fingerprint density at radius 3 is 2.75 bits per heavy atom. The fourth-order valence-electron chi connectivity index (χ4n) is 3.89. The molecule has 0 bridgehead atoms. The van der Waals surface area contributed by atoms with E-state index in [-0.39, 0.29) is 23.1 Å². The summed E-state index contributed by atoms with van der Waals surface area (Å²) in [6.07, 6.45) is 3.77. The van der Waals surface area contributed by atoms with Crippen molar-refractivity contribution in [3.05, 3.63) is 54.4 Å². The first-order valence-corrected chi connectivity index (χ1v) is 12.7. The van der Waals surface area contributed by atoms with Crippen LogP contribution in [0, 0.1) is 0 Å². The molecule has 1 aliphatic rings. The summed E-state index contributed by atoms with van der Waals surface area (Å²) in [4.78, 5) is 36.4. The Morgan fingerprint density at radius 2 is 2.00 bits per heavy atom. The zero-order chi connectivity index (χ0) is 25.7. The number of nitrogen functional groups attached to an aromatic ring is 1. The smallest absolute Gasteiger partial charge is 0.323 e. The third-order valence-electron chi connectivity index (χ3n) is 5.71. The molecule has 3 aromatic rings. The maximum Gasteiger partial charge on any atom is 0.323 e. The first kappa shape index (κ1) is 25.1. The Hall–Kier alpha value is -3.97. The number of rotatable bonds is 11. The largest absolute Gasteiger partial charge is 0.480 e. The first-order valence-electron chi connectivity index (χ1n) is 11.3. The number of aliphatic carboxylic acids is 1. The van der Waals surface area contributed by atoms with Crippen LogP contribution in [-0.4, -0.2) is 59.8 Å². The molecule has 36 heavy (non-hydrogen) atoms. The number of carbonyl (C=O) groups is 2. The van der Waals surface area contributed by atoms with Crippen molar-refractivity contribution in [3.8, 4) is 0 Å².